The van der Waals surface area contributed by atoms with Crippen LogP contribution in [0.2, 0.25) is 5.02 Å². The summed E-state index contributed by atoms with van der Waals surface area (Å²) in [6.45, 7) is 1.71. The van der Waals surface area contributed by atoms with Crippen LogP contribution in [0.15, 0.2) is 60.7 Å². The second-order valence-electron chi connectivity index (χ2n) is 11.2. The van der Waals surface area contributed by atoms with E-state index >= 15 is 0 Å². The van der Waals surface area contributed by atoms with Gasteiger partial charge in [0.15, 0.2) is 12.7 Å². The first-order chi connectivity index (χ1) is 20.1. The number of anilines is 1. The van der Waals surface area contributed by atoms with E-state index in [0.717, 1.165) is 11.6 Å². The van der Waals surface area contributed by atoms with Crippen LogP contribution in [0.3, 0.4) is 0 Å². The van der Waals surface area contributed by atoms with Crippen LogP contribution in [0.1, 0.15) is 35.2 Å². The average Bonchev–Trinajstić information content (AvgIpc) is 2.95. The lowest BCUT2D eigenvalue weighted by atomic mass is 9.44. The van der Waals surface area contributed by atoms with E-state index in [9.17, 15) is 18.8 Å². The fraction of sp³-hybridized carbons (Fsp3) is 0.323. The number of benzene rings is 3. The molecule has 4 aliphatic rings. The lowest BCUT2D eigenvalue weighted by Crippen LogP contribution is -2.84. The number of amides is 3. The molecule has 3 aliphatic carbocycles. The zero-order chi connectivity index (χ0) is 29.6. The minimum Gasteiger partial charge on any atom is -0.497 e. The number of carbonyl (C=O) groups excluding carboxylic acids is 3. The molecule has 1 aliphatic heterocycles. The van der Waals surface area contributed by atoms with E-state index in [4.69, 9.17) is 25.8 Å². The third-order valence-electron chi connectivity index (χ3n) is 7.98. The van der Waals surface area contributed by atoms with Crippen molar-refractivity contribution in [1.29, 1.82) is 0 Å². The molecule has 1 atom stereocenters. The van der Waals surface area contributed by atoms with Crippen molar-refractivity contribution in [3.8, 4) is 17.2 Å². The number of nitrogens with one attached hydrogen (secondary N) is 2. The molecule has 2 N–H and O–H groups in total. The number of hydrogen-bond donors (Lipinski definition) is 2. The van der Waals surface area contributed by atoms with Crippen molar-refractivity contribution < 1.29 is 33.0 Å². The molecule has 3 aromatic carbocycles. The Kier molecular flexibility index (Phi) is 6.97. The molecule has 0 aromatic heterocycles. The average molecular weight is 594 g/mol. The molecule has 3 amide bonds. The first-order valence-electron chi connectivity index (χ1n) is 13.5. The number of hydrogen-bond acceptors (Lipinski definition) is 6. The van der Waals surface area contributed by atoms with Crippen LogP contribution < -0.4 is 29.7 Å². The quantitative estimate of drug-likeness (QED) is 0.406. The van der Waals surface area contributed by atoms with Gasteiger partial charge in [0, 0.05) is 22.7 Å². The smallest absolute Gasteiger partial charge is 0.263 e. The van der Waals surface area contributed by atoms with Crippen molar-refractivity contribution in [1.82, 2.24) is 10.6 Å². The molecule has 9 nitrogen and oxygen atoms in total. The first-order valence-corrected chi connectivity index (χ1v) is 13.9. The molecular formula is C31H29ClFN3O6. The van der Waals surface area contributed by atoms with Crippen LogP contribution in [0.25, 0.3) is 0 Å². The zero-order valence-electron chi connectivity index (χ0n) is 23.0. The third kappa shape index (κ3) is 5.22. The number of rotatable bonds is 8. The number of carbonyl (C=O) groups is 3. The Morgan fingerprint density at radius 2 is 1.69 bits per heavy atom. The monoisotopic (exact) mass is 593 g/mol. The summed E-state index contributed by atoms with van der Waals surface area (Å²) in [4.78, 5) is 41.0. The van der Waals surface area contributed by atoms with Crippen LogP contribution in [0, 0.1) is 12.7 Å². The van der Waals surface area contributed by atoms with Gasteiger partial charge in [-0.25, -0.2) is 4.39 Å². The minimum absolute atomic E-state index is 0.0255. The van der Waals surface area contributed by atoms with Gasteiger partial charge in [0.2, 0.25) is 0 Å². The van der Waals surface area contributed by atoms with Crippen molar-refractivity contribution in [2.45, 2.75) is 43.4 Å². The molecule has 3 aromatic rings. The highest BCUT2D eigenvalue weighted by molar-refractivity contribution is 6.30. The van der Waals surface area contributed by atoms with Crippen molar-refractivity contribution in [2.24, 2.45) is 0 Å². The molecule has 42 heavy (non-hydrogen) atoms. The summed E-state index contributed by atoms with van der Waals surface area (Å²) in [5.74, 6) is -0.227. The molecule has 1 unspecified atom stereocenters. The Morgan fingerprint density at radius 1 is 1.00 bits per heavy atom. The molecule has 3 fully saturated rings. The number of halogens is 2. The van der Waals surface area contributed by atoms with Gasteiger partial charge in [0.05, 0.1) is 24.4 Å². The van der Waals surface area contributed by atoms with Gasteiger partial charge in [0.25, 0.3) is 17.7 Å². The van der Waals surface area contributed by atoms with Crippen molar-refractivity contribution in [3.63, 3.8) is 0 Å². The predicted octanol–water partition coefficient (Wildman–Crippen LogP) is 4.19. The van der Waals surface area contributed by atoms with Crippen LogP contribution in [0.5, 0.6) is 17.2 Å². The Morgan fingerprint density at radius 3 is 2.38 bits per heavy atom. The number of fused-ring (bicyclic) bond motifs is 1. The Bertz CT molecular complexity index is 1560. The van der Waals surface area contributed by atoms with Gasteiger partial charge in [0.1, 0.15) is 23.1 Å². The number of nitrogens with zero attached hydrogens (tertiary/aromatic N) is 1. The highest BCUT2D eigenvalue weighted by atomic mass is 35.5. The van der Waals surface area contributed by atoms with Crippen molar-refractivity contribution in [3.05, 3.63) is 82.6 Å². The van der Waals surface area contributed by atoms with E-state index in [2.05, 4.69) is 10.6 Å². The van der Waals surface area contributed by atoms with Crippen molar-refractivity contribution in [2.75, 3.05) is 25.2 Å². The van der Waals surface area contributed by atoms with E-state index in [1.54, 1.807) is 42.3 Å². The van der Waals surface area contributed by atoms with E-state index < -0.39 is 23.0 Å². The largest absolute Gasteiger partial charge is 0.497 e. The zero-order valence-corrected chi connectivity index (χ0v) is 23.8. The molecule has 3 saturated carbocycles. The second kappa shape index (κ2) is 10.5. The molecule has 0 radical (unpaired) electrons. The van der Waals surface area contributed by atoms with Gasteiger partial charge in [-0.2, -0.15) is 0 Å². The SMILES string of the molecule is COc1ccc(C(=O)N2CC(C(=O)NC34CC(NC(=O)COc5ccc(Cl)c(F)c5)(C3)C4)Oc3ccc(C)cc32)cc1. The molecule has 2 bridgehead atoms. The number of methoxy groups -OCH3 is 1. The molecule has 7 rings (SSSR count). The summed E-state index contributed by atoms with van der Waals surface area (Å²) in [6.07, 6.45) is 0.813. The van der Waals surface area contributed by atoms with Gasteiger partial charge in [-0.15, -0.1) is 0 Å². The van der Waals surface area contributed by atoms with E-state index in [-0.39, 0.29) is 41.6 Å². The summed E-state index contributed by atoms with van der Waals surface area (Å²) in [6, 6.07) is 16.3. The van der Waals surface area contributed by atoms with Crippen LogP contribution in [-0.4, -0.2) is 55.2 Å². The highest BCUT2D eigenvalue weighted by Gasteiger charge is 2.69. The lowest BCUT2D eigenvalue weighted by Gasteiger charge is -2.70. The molecule has 1 heterocycles. The first kappa shape index (κ1) is 27.8. The van der Waals surface area contributed by atoms with E-state index in [1.165, 1.54) is 12.1 Å². The Balaban J connectivity index is 1.06. The third-order valence-corrected chi connectivity index (χ3v) is 8.29. The Labute approximate surface area is 246 Å². The number of aryl methyl sites for hydroxylation is 1. The van der Waals surface area contributed by atoms with Gasteiger partial charge in [-0.3, -0.25) is 14.4 Å². The maximum Gasteiger partial charge on any atom is 0.263 e. The van der Waals surface area contributed by atoms with Gasteiger partial charge in [-0.05, 0) is 80.3 Å². The maximum atomic E-state index is 13.6. The molecule has 0 saturated heterocycles. The molecule has 218 valence electrons. The fourth-order valence-electron chi connectivity index (χ4n) is 6.05. The van der Waals surface area contributed by atoms with Crippen LogP contribution >= 0.6 is 11.6 Å². The van der Waals surface area contributed by atoms with Crippen LogP contribution in [-0.2, 0) is 9.59 Å². The van der Waals surface area contributed by atoms with Crippen LogP contribution in [0.4, 0.5) is 10.1 Å². The van der Waals surface area contributed by atoms with Gasteiger partial charge < -0.3 is 29.7 Å². The maximum absolute atomic E-state index is 13.6. The summed E-state index contributed by atoms with van der Waals surface area (Å²) >= 11 is 5.68. The lowest BCUT2D eigenvalue weighted by molar-refractivity contribution is -0.153. The minimum atomic E-state index is -0.907. The molecule has 0 spiro atoms. The molecule has 11 heteroatoms. The van der Waals surface area contributed by atoms with Crippen molar-refractivity contribution >= 4 is 35.0 Å². The summed E-state index contributed by atoms with van der Waals surface area (Å²) in [5.41, 5.74) is 1.18. The normalized spacial score (nSPS) is 23.3. The molecular weight excluding hydrogens is 565 g/mol. The topological polar surface area (TPSA) is 106 Å². The standard InChI is InChI=1S/C31H29ClFN3O6/c1-18-3-10-25-24(11-18)36(29(39)19-4-6-20(40-2)7-5-19)13-26(42-25)28(38)35-31-15-30(16-31,17-31)34-27(37)14-41-21-8-9-22(32)23(33)12-21/h3-12,26H,13-17H2,1-2H3,(H,34,37)(H,35,38). The van der Waals surface area contributed by atoms with E-state index in [0.29, 0.717) is 42.0 Å². The second-order valence-corrected chi connectivity index (χ2v) is 11.6. The highest BCUT2D eigenvalue weighted by Crippen LogP contribution is 2.60. The van der Waals surface area contributed by atoms with E-state index in [1.807, 2.05) is 19.1 Å². The van der Waals surface area contributed by atoms with Gasteiger partial charge in [-0.1, -0.05) is 17.7 Å². The predicted molar refractivity (Wildman–Crippen MR) is 153 cm³/mol. The van der Waals surface area contributed by atoms with Gasteiger partial charge >= 0.3 is 0 Å². The number of ether oxygens (including phenoxy) is 3. The summed E-state index contributed by atoms with van der Waals surface area (Å²) in [5, 5.41) is 6.04. The fourth-order valence-corrected chi connectivity index (χ4v) is 6.17. The summed E-state index contributed by atoms with van der Waals surface area (Å²) in [7, 11) is 1.56. The summed E-state index contributed by atoms with van der Waals surface area (Å²) < 4.78 is 30.2. The Hall–Kier alpha value is -4.31.